The Morgan fingerprint density at radius 1 is 1.10 bits per heavy atom. The van der Waals surface area contributed by atoms with Gasteiger partial charge in [-0.05, 0) is 30.2 Å². The summed E-state index contributed by atoms with van der Waals surface area (Å²) >= 11 is 0. The summed E-state index contributed by atoms with van der Waals surface area (Å²) in [6, 6.07) is 15.9. The summed E-state index contributed by atoms with van der Waals surface area (Å²) in [5.74, 6) is -0.135. The van der Waals surface area contributed by atoms with Crippen LogP contribution in [0.15, 0.2) is 54.6 Å². The normalized spacial score (nSPS) is 13.4. The van der Waals surface area contributed by atoms with Crippen molar-refractivity contribution in [1.82, 2.24) is 5.32 Å². The standard InChI is InChI=1S/C17H19NO3/c1-12(14-9-6-10-15(11-14)21-2)18-16(17(19)20)13-7-4-3-5-8-13/h3-12,16,18H,1-2H3,(H,19,20). The van der Waals surface area contributed by atoms with Crippen molar-refractivity contribution >= 4 is 5.97 Å². The van der Waals surface area contributed by atoms with E-state index in [1.807, 2.05) is 61.5 Å². The summed E-state index contributed by atoms with van der Waals surface area (Å²) in [6.07, 6.45) is 0. The minimum atomic E-state index is -0.893. The third kappa shape index (κ3) is 3.83. The third-order valence-corrected chi connectivity index (χ3v) is 3.39. The molecule has 0 aromatic heterocycles. The van der Waals surface area contributed by atoms with Crippen molar-refractivity contribution in [3.63, 3.8) is 0 Å². The Kier molecular flexibility index (Phi) is 4.95. The molecular formula is C17H19NO3. The highest BCUT2D eigenvalue weighted by Gasteiger charge is 2.22. The van der Waals surface area contributed by atoms with Gasteiger partial charge in [0.05, 0.1) is 7.11 Å². The first-order valence-corrected chi connectivity index (χ1v) is 6.79. The number of carboxylic acid groups (broad SMARTS) is 1. The van der Waals surface area contributed by atoms with Gasteiger partial charge in [-0.25, -0.2) is 0 Å². The van der Waals surface area contributed by atoms with E-state index in [0.29, 0.717) is 0 Å². The monoisotopic (exact) mass is 285 g/mol. The zero-order valence-corrected chi connectivity index (χ0v) is 12.1. The number of methoxy groups -OCH3 is 1. The molecule has 0 aliphatic heterocycles. The van der Waals surface area contributed by atoms with Crippen LogP contribution in [-0.2, 0) is 4.79 Å². The van der Waals surface area contributed by atoms with E-state index in [0.717, 1.165) is 16.9 Å². The number of rotatable bonds is 6. The van der Waals surface area contributed by atoms with Crippen molar-refractivity contribution in [3.8, 4) is 5.75 Å². The molecule has 2 rings (SSSR count). The molecule has 0 bridgehead atoms. The van der Waals surface area contributed by atoms with E-state index in [1.54, 1.807) is 7.11 Å². The Hall–Kier alpha value is -2.33. The van der Waals surface area contributed by atoms with E-state index in [1.165, 1.54) is 0 Å². The van der Waals surface area contributed by atoms with Crippen LogP contribution in [0.4, 0.5) is 0 Å². The average molecular weight is 285 g/mol. The fourth-order valence-electron chi connectivity index (χ4n) is 2.21. The number of carboxylic acids is 1. The number of benzene rings is 2. The van der Waals surface area contributed by atoms with E-state index in [2.05, 4.69) is 5.32 Å². The van der Waals surface area contributed by atoms with Gasteiger partial charge in [-0.2, -0.15) is 0 Å². The maximum atomic E-state index is 11.5. The van der Waals surface area contributed by atoms with Gasteiger partial charge in [-0.3, -0.25) is 10.1 Å². The average Bonchev–Trinajstić information content (AvgIpc) is 2.53. The zero-order chi connectivity index (χ0) is 15.2. The lowest BCUT2D eigenvalue weighted by molar-refractivity contribution is -0.139. The van der Waals surface area contributed by atoms with Crippen molar-refractivity contribution in [3.05, 3.63) is 65.7 Å². The van der Waals surface area contributed by atoms with Crippen LogP contribution in [0.25, 0.3) is 0 Å². The number of carbonyl (C=O) groups is 1. The number of aliphatic carboxylic acids is 1. The Bertz CT molecular complexity index is 598. The minimum absolute atomic E-state index is 0.110. The van der Waals surface area contributed by atoms with Gasteiger partial charge in [0.2, 0.25) is 0 Å². The van der Waals surface area contributed by atoms with Gasteiger partial charge in [0, 0.05) is 6.04 Å². The van der Waals surface area contributed by atoms with Crippen LogP contribution >= 0.6 is 0 Å². The largest absolute Gasteiger partial charge is 0.497 e. The van der Waals surface area contributed by atoms with Gasteiger partial charge in [-0.15, -0.1) is 0 Å². The van der Waals surface area contributed by atoms with Gasteiger partial charge < -0.3 is 9.84 Å². The van der Waals surface area contributed by atoms with Gasteiger partial charge in [0.15, 0.2) is 0 Å². The van der Waals surface area contributed by atoms with Crippen molar-refractivity contribution < 1.29 is 14.6 Å². The van der Waals surface area contributed by atoms with Crippen LogP contribution in [0, 0.1) is 0 Å². The van der Waals surface area contributed by atoms with Gasteiger partial charge in [-0.1, -0.05) is 42.5 Å². The third-order valence-electron chi connectivity index (χ3n) is 3.39. The second kappa shape index (κ2) is 6.90. The first-order valence-electron chi connectivity index (χ1n) is 6.79. The lowest BCUT2D eigenvalue weighted by Gasteiger charge is -2.21. The number of nitrogens with one attached hydrogen (secondary N) is 1. The Labute approximate surface area is 124 Å². The molecule has 0 saturated carbocycles. The van der Waals surface area contributed by atoms with Crippen LogP contribution in [0.1, 0.15) is 30.1 Å². The molecule has 0 aliphatic rings. The van der Waals surface area contributed by atoms with Crippen LogP contribution in [0.2, 0.25) is 0 Å². The van der Waals surface area contributed by atoms with Crippen LogP contribution < -0.4 is 10.1 Å². The lowest BCUT2D eigenvalue weighted by atomic mass is 10.0. The lowest BCUT2D eigenvalue weighted by Crippen LogP contribution is -2.30. The number of hydrogen-bond acceptors (Lipinski definition) is 3. The molecule has 4 heteroatoms. The number of ether oxygens (including phenoxy) is 1. The minimum Gasteiger partial charge on any atom is -0.497 e. The molecule has 0 heterocycles. The van der Waals surface area contributed by atoms with Gasteiger partial charge in [0.25, 0.3) is 0 Å². The summed E-state index contributed by atoms with van der Waals surface area (Å²) in [4.78, 5) is 11.5. The van der Waals surface area contributed by atoms with Crippen LogP contribution in [-0.4, -0.2) is 18.2 Å². The van der Waals surface area contributed by atoms with E-state index in [4.69, 9.17) is 4.74 Å². The Balaban J connectivity index is 2.18. The molecular weight excluding hydrogens is 266 g/mol. The maximum Gasteiger partial charge on any atom is 0.325 e. The second-order valence-electron chi connectivity index (χ2n) is 4.85. The summed E-state index contributed by atoms with van der Waals surface area (Å²) in [7, 11) is 1.61. The van der Waals surface area contributed by atoms with Crippen LogP contribution in [0.3, 0.4) is 0 Å². The predicted octanol–water partition coefficient (Wildman–Crippen LogP) is 3.17. The first-order chi connectivity index (χ1) is 10.1. The van der Waals surface area contributed by atoms with E-state index >= 15 is 0 Å². The molecule has 0 saturated heterocycles. The quantitative estimate of drug-likeness (QED) is 0.856. The summed E-state index contributed by atoms with van der Waals surface area (Å²) in [5, 5.41) is 12.6. The van der Waals surface area contributed by atoms with Gasteiger partial charge >= 0.3 is 5.97 Å². The fourth-order valence-corrected chi connectivity index (χ4v) is 2.21. The summed E-state index contributed by atoms with van der Waals surface area (Å²) in [5.41, 5.74) is 1.72. The molecule has 110 valence electrons. The highest BCUT2D eigenvalue weighted by atomic mass is 16.5. The molecule has 2 atom stereocenters. The maximum absolute atomic E-state index is 11.5. The molecule has 2 aromatic carbocycles. The topological polar surface area (TPSA) is 58.6 Å². The van der Waals surface area contributed by atoms with Crippen molar-refractivity contribution in [2.24, 2.45) is 0 Å². The van der Waals surface area contributed by atoms with E-state index in [9.17, 15) is 9.90 Å². The molecule has 4 nitrogen and oxygen atoms in total. The molecule has 21 heavy (non-hydrogen) atoms. The van der Waals surface area contributed by atoms with E-state index in [-0.39, 0.29) is 6.04 Å². The SMILES string of the molecule is COc1cccc(C(C)NC(C(=O)O)c2ccccc2)c1. The highest BCUT2D eigenvalue weighted by molar-refractivity contribution is 5.75. The Morgan fingerprint density at radius 2 is 1.76 bits per heavy atom. The molecule has 0 fully saturated rings. The molecule has 0 amide bonds. The molecule has 0 spiro atoms. The molecule has 2 N–H and O–H groups in total. The first kappa shape index (κ1) is 15.1. The summed E-state index contributed by atoms with van der Waals surface area (Å²) < 4.78 is 5.20. The van der Waals surface area contributed by atoms with Crippen molar-refractivity contribution in [1.29, 1.82) is 0 Å². The summed E-state index contributed by atoms with van der Waals surface area (Å²) in [6.45, 7) is 1.94. The van der Waals surface area contributed by atoms with Crippen molar-refractivity contribution in [2.45, 2.75) is 19.0 Å². The highest BCUT2D eigenvalue weighted by Crippen LogP contribution is 2.22. The van der Waals surface area contributed by atoms with Crippen molar-refractivity contribution in [2.75, 3.05) is 7.11 Å². The predicted molar refractivity (Wildman–Crippen MR) is 81.4 cm³/mol. The Morgan fingerprint density at radius 3 is 2.38 bits per heavy atom. The zero-order valence-electron chi connectivity index (χ0n) is 12.1. The molecule has 2 unspecified atom stereocenters. The van der Waals surface area contributed by atoms with E-state index < -0.39 is 12.0 Å². The number of hydrogen-bond donors (Lipinski definition) is 2. The second-order valence-corrected chi connectivity index (χ2v) is 4.85. The smallest absolute Gasteiger partial charge is 0.325 e. The van der Waals surface area contributed by atoms with Crippen LogP contribution in [0.5, 0.6) is 5.75 Å². The fraction of sp³-hybridized carbons (Fsp3) is 0.235. The molecule has 0 radical (unpaired) electrons. The molecule has 0 aliphatic carbocycles. The van der Waals surface area contributed by atoms with Gasteiger partial charge in [0.1, 0.15) is 11.8 Å². The molecule has 2 aromatic rings.